The molecule has 3 rings (SSSR count). The number of hydrogen-bond acceptors (Lipinski definition) is 3. The molecule has 0 aliphatic rings. The number of rotatable bonds is 4. The van der Waals surface area contributed by atoms with E-state index >= 15 is 0 Å². The van der Waals surface area contributed by atoms with Crippen molar-refractivity contribution in [1.29, 1.82) is 0 Å². The van der Waals surface area contributed by atoms with Gasteiger partial charge in [0.25, 0.3) is 0 Å². The van der Waals surface area contributed by atoms with Crippen LogP contribution in [-0.4, -0.2) is 15.9 Å². The molecule has 0 spiro atoms. The van der Waals surface area contributed by atoms with Gasteiger partial charge < -0.3 is 5.84 Å². The lowest BCUT2D eigenvalue weighted by molar-refractivity contribution is 1.07. The lowest BCUT2D eigenvalue weighted by atomic mass is 10.1. The Morgan fingerprint density at radius 3 is 2.50 bits per heavy atom. The van der Waals surface area contributed by atoms with Crippen LogP contribution in [0.2, 0.25) is 0 Å². The van der Waals surface area contributed by atoms with Gasteiger partial charge in [0.1, 0.15) is 0 Å². The Morgan fingerprint density at radius 2 is 1.82 bits per heavy atom. The summed E-state index contributed by atoms with van der Waals surface area (Å²) in [6.07, 6.45) is 0.666. The van der Waals surface area contributed by atoms with Gasteiger partial charge in [-0.1, -0.05) is 58.4 Å². The smallest absolute Gasteiger partial charge is 0.0927 e. The van der Waals surface area contributed by atoms with Gasteiger partial charge in [0.15, 0.2) is 0 Å². The SMILES string of the molecule is N/N=C(\Cc1ccccc1)c1cc(-c2ccc(Br)cc2)n[nH]1. The van der Waals surface area contributed by atoms with Crippen molar-refractivity contribution in [2.75, 3.05) is 0 Å². The molecule has 4 nitrogen and oxygen atoms in total. The number of hydrogen-bond donors (Lipinski definition) is 2. The monoisotopic (exact) mass is 354 g/mol. The number of benzene rings is 2. The second-order valence-corrected chi connectivity index (χ2v) is 5.83. The van der Waals surface area contributed by atoms with Crippen molar-refractivity contribution in [2.45, 2.75) is 6.42 Å². The van der Waals surface area contributed by atoms with Crippen molar-refractivity contribution in [3.63, 3.8) is 0 Å². The van der Waals surface area contributed by atoms with Gasteiger partial charge in [-0.3, -0.25) is 5.10 Å². The van der Waals surface area contributed by atoms with Crippen molar-refractivity contribution in [2.24, 2.45) is 10.9 Å². The molecule has 3 N–H and O–H groups in total. The Labute approximate surface area is 137 Å². The number of H-pyrrole nitrogens is 1. The van der Waals surface area contributed by atoms with Gasteiger partial charge in [-0.25, -0.2) is 0 Å². The minimum atomic E-state index is 0.666. The molecule has 0 aliphatic carbocycles. The number of aromatic nitrogens is 2. The number of halogens is 1. The predicted octanol–water partition coefficient (Wildman–Crippen LogP) is 3.74. The number of hydrazone groups is 1. The average molecular weight is 355 g/mol. The number of aromatic amines is 1. The first kappa shape index (κ1) is 14.5. The molecule has 0 saturated carbocycles. The highest BCUT2D eigenvalue weighted by Gasteiger charge is 2.10. The van der Waals surface area contributed by atoms with Crippen LogP contribution >= 0.6 is 15.9 Å². The van der Waals surface area contributed by atoms with Crippen LogP contribution in [0.4, 0.5) is 0 Å². The normalized spacial score (nSPS) is 11.6. The predicted molar refractivity (Wildman–Crippen MR) is 92.6 cm³/mol. The Hall–Kier alpha value is -2.40. The number of nitrogens with two attached hydrogens (primary N) is 1. The minimum absolute atomic E-state index is 0.666. The van der Waals surface area contributed by atoms with Gasteiger partial charge in [-0.05, 0) is 23.8 Å². The van der Waals surface area contributed by atoms with E-state index in [-0.39, 0.29) is 0 Å². The molecule has 1 aromatic heterocycles. The molecule has 0 aliphatic heterocycles. The largest absolute Gasteiger partial charge is 0.323 e. The molecule has 110 valence electrons. The summed E-state index contributed by atoms with van der Waals surface area (Å²) in [5.41, 5.74) is 4.69. The minimum Gasteiger partial charge on any atom is -0.323 e. The molecule has 0 fully saturated rings. The second kappa shape index (κ2) is 6.58. The zero-order chi connectivity index (χ0) is 15.4. The lowest BCUT2D eigenvalue weighted by Gasteiger charge is -2.02. The van der Waals surface area contributed by atoms with E-state index in [9.17, 15) is 0 Å². The molecule has 0 saturated heterocycles. The second-order valence-electron chi connectivity index (χ2n) is 4.91. The third kappa shape index (κ3) is 3.26. The van der Waals surface area contributed by atoms with Gasteiger partial charge in [-0.15, -0.1) is 0 Å². The van der Waals surface area contributed by atoms with Crippen molar-refractivity contribution in [1.82, 2.24) is 10.2 Å². The molecular formula is C17H15BrN4. The zero-order valence-electron chi connectivity index (χ0n) is 11.8. The van der Waals surface area contributed by atoms with Gasteiger partial charge in [-0.2, -0.15) is 10.2 Å². The third-order valence-corrected chi connectivity index (χ3v) is 3.93. The topological polar surface area (TPSA) is 67.1 Å². The van der Waals surface area contributed by atoms with Crippen molar-refractivity contribution >= 4 is 21.6 Å². The quantitative estimate of drug-likeness (QED) is 0.425. The van der Waals surface area contributed by atoms with E-state index < -0.39 is 0 Å². The summed E-state index contributed by atoms with van der Waals surface area (Å²) < 4.78 is 1.04. The van der Waals surface area contributed by atoms with Crippen molar-refractivity contribution < 1.29 is 0 Å². The molecule has 0 bridgehead atoms. The average Bonchev–Trinajstić information content (AvgIpc) is 3.04. The fourth-order valence-electron chi connectivity index (χ4n) is 2.24. The Balaban J connectivity index is 1.84. The van der Waals surface area contributed by atoms with E-state index in [4.69, 9.17) is 5.84 Å². The van der Waals surface area contributed by atoms with Crippen LogP contribution in [0.5, 0.6) is 0 Å². The van der Waals surface area contributed by atoms with Crippen LogP contribution in [0.25, 0.3) is 11.3 Å². The molecule has 22 heavy (non-hydrogen) atoms. The van der Waals surface area contributed by atoms with Crippen LogP contribution in [0.3, 0.4) is 0 Å². The highest BCUT2D eigenvalue weighted by Crippen LogP contribution is 2.21. The molecule has 1 heterocycles. The molecule has 2 aromatic carbocycles. The number of nitrogens with one attached hydrogen (secondary N) is 1. The maximum Gasteiger partial charge on any atom is 0.0927 e. The van der Waals surface area contributed by atoms with Crippen LogP contribution in [0, 0.1) is 0 Å². The fraction of sp³-hybridized carbons (Fsp3) is 0.0588. The van der Waals surface area contributed by atoms with Crippen molar-refractivity contribution in [3.8, 4) is 11.3 Å². The summed E-state index contributed by atoms with van der Waals surface area (Å²) >= 11 is 3.43. The fourth-order valence-corrected chi connectivity index (χ4v) is 2.50. The van der Waals surface area contributed by atoms with E-state index in [1.54, 1.807) is 0 Å². The molecule has 3 aromatic rings. The molecule has 0 radical (unpaired) electrons. The van der Waals surface area contributed by atoms with Gasteiger partial charge >= 0.3 is 0 Å². The molecular weight excluding hydrogens is 340 g/mol. The van der Waals surface area contributed by atoms with E-state index in [0.29, 0.717) is 6.42 Å². The first-order chi connectivity index (χ1) is 10.8. The molecule has 0 amide bonds. The summed E-state index contributed by atoms with van der Waals surface area (Å²) in [4.78, 5) is 0. The number of nitrogens with zero attached hydrogens (tertiary/aromatic N) is 2. The molecule has 0 atom stereocenters. The van der Waals surface area contributed by atoms with E-state index in [2.05, 4.69) is 43.4 Å². The first-order valence-electron chi connectivity index (χ1n) is 6.88. The zero-order valence-corrected chi connectivity index (χ0v) is 13.4. The van der Waals surface area contributed by atoms with E-state index in [1.165, 1.54) is 0 Å². The first-order valence-corrected chi connectivity index (χ1v) is 7.68. The standard InChI is InChI=1S/C17H15BrN4/c18-14-8-6-13(7-9-14)15-11-17(22-21-15)16(20-19)10-12-4-2-1-3-5-12/h1-9,11H,10,19H2,(H,21,22)/b20-16+. The summed E-state index contributed by atoms with van der Waals surface area (Å²) in [6, 6.07) is 20.1. The third-order valence-electron chi connectivity index (χ3n) is 3.40. The van der Waals surface area contributed by atoms with E-state index in [1.807, 2.05) is 48.5 Å². The van der Waals surface area contributed by atoms with Crippen LogP contribution in [0.15, 0.2) is 70.2 Å². The van der Waals surface area contributed by atoms with Crippen molar-refractivity contribution in [3.05, 3.63) is 76.4 Å². The molecule has 0 unspecified atom stereocenters. The van der Waals surface area contributed by atoms with Gasteiger partial charge in [0.2, 0.25) is 0 Å². The summed E-state index contributed by atoms with van der Waals surface area (Å²) in [5, 5.41) is 11.3. The Bertz CT molecular complexity index is 776. The Kier molecular flexibility index (Phi) is 4.34. The summed E-state index contributed by atoms with van der Waals surface area (Å²) in [6.45, 7) is 0. The van der Waals surface area contributed by atoms with Crippen LogP contribution in [-0.2, 0) is 6.42 Å². The summed E-state index contributed by atoms with van der Waals surface area (Å²) in [5.74, 6) is 5.55. The van der Waals surface area contributed by atoms with Crippen LogP contribution in [0.1, 0.15) is 11.3 Å². The maximum atomic E-state index is 5.55. The highest BCUT2D eigenvalue weighted by atomic mass is 79.9. The Morgan fingerprint density at radius 1 is 1.09 bits per heavy atom. The maximum absolute atomic E-state index is 5.55. The van der Waals surface area contributed by atoms with Gasteiger partial charge in [0.05, 0.1) is 17.1 Å². The van der Waals surface area contributed by atoms with Crippen LogP contribution < -0.4 is 5.84 Å². The summed E-state index contributed by atoms with van der Waals surface area (Å²) in [7, 11) is 0. The lowest BCUT2D eigenvalue weighted by Crippen LogP contribution is -2.08. The van der Waals surface area contributed by atoms with Gasteiger partial charge in [0, 0.05) is 16.5 Å². The highest BCUT2D eigenvalue weighted by molar-refractivity contribution is 9.10. The molecule has 5 heteroatoms. The van der Waals surface area contributed by atoms with E-state index in [0.717, 1.165) is 32.7 Å².